The summed E-state index contributed by atoms with van der Waals surface area (Å²) in [6.07, 6.45) is 0. The zero-order valence-corrected chi connectivity index (χ0v) is 24.3. The van der Waals surface area contributed by atoms with Crippen LogP contribution in [0.25, 0.3) is 34.2 Å². The molecular formula is C41H27N3O. The van der Waals surface area contributed by atoms with E-state index >= 15 is 0 Å². The summed E-state index contributed by atoms with van der Waals surface area (Å²) in [5, 5.41) is 0. The van der Waals surface area contributed by atoms with Gasteiger partial charge in [0.25, 0.3) is 0 Å². The van der Waals surface area contributed by atoms with Crippen molar-refractivity contribution in [2.45, 2.75) is 5.41 Å². The van der Waals surface area contributed by atoms with E-state index in [0.29, 0.717) is 34.2 Å². The molecule has 0 spiro atoms. The van der Waals surface area contributed by atoms with E-state index in [2.05, 4.69) is 60.7 Å². The normalized spacial score (nSPS) is 13.1. The van der Waals surface area contributed by atoms with Crippen molar-refractivity contribution in [2.24, 2.45) is 0 Å². The molecule has 0 bridgehead atoms. The van der Waals surface area contributed by atoms with Crippen molar-refractivity contribution in [2.75, 3.05) is 0 Å². The molecule has 0 N–H and O–H groups in total. The lowest BCUT2D eigenvalue weighted by Gasteiger charge is -2.42. The molecule has 0 fully saturated rings. The maximum Gasteiger partial charge on any atom is 0.194 e. The van der Waals surface area contributed by atoms with Crippen LogP contribution in [0.15, 0.2) is 164 Å². The molecule has 0 atom stereocenters. The van der Waals surface area contributed by atoms with Crippen molar-refractivity contribution in [3.8, 4) is 34.2 Å². The van der Waals surface area contributed by atoms with Crippen molar-refractivity contribution in [3.63, 3.8) is 0 Å². The fourth-order valence-electron chi connectivity index (χ4n) is 6.68. The number of fused-ring (bicyclic) bond motifs is 2. The van der Waals surface area contributed by atoms with Crippen molar-refractivity contribution in [3.05, 3.63) is 197 Å². The molecule has 1 heterocycles. The monoisotopic (exact) mass is 577 g/mol. The van der Waals surface area contributed by atoms with Gasteiger partial charge in [-0.15, -0.1) is 0 Å². The number of aromatic nitrogens is 3. The Balaban J connectivity index is 1.47. The van der Waals surface area contributed by atoms with Crippen LogP contribution in [0.5, 0.6) is 0 Å². The Morgan fingerprint density at radius 1 is 0.378 bits per heavy atom. The van der Waals surface area contributed by atoms with Gasteiger partial charge in [-0.25, -0.2) is 15.0 Å². The molecule has 0 aliphatic heterocycles. The molecule has 7 aromatic rings. The van der Waals surface area contributed by atoms with Crippen LogP contribution in [-0.4, -0.2) is 20.7 Å². The number of carbonyl (C=O) groups excluding carboxylic acids is 1. The first-order chi connectivity index (χ1) is 22.2. The smallest absolute Gasteiger partial charge is 0.194 e. The first-order valence-electron chi connectivity index (χ1n) is 15.0. The molecule has 45 heavy (non-hydrogen) atoms. The Morgan fingerprint density at radius 3 is 1.36 bits per heavy atom. The van der Waals surface area contributed by atoms with Crippen LogP contribution in [0.4, 0.5) is 0 Å². The van der Waals surface area contributed by atoms with Crippen molar-refractivity contribution >= 4 is 5.78 Å². The zero-order valence-electron chi connectivity index (χ0n) is 24.3. The molecule has 1 aliphatic carbocycles. The molecule has 212 valence electrons. The van der Waals surface area contributed by atoms with Crippen LogP contribution in [0.2, 0.25) is 0 Å². The van der Waals surface area contributed by atoms with Gasteiger partial charge >= 0.3 is 0 Å². The Kier molecular flexibility index (Phi) is 6.46. The largest absolute Gasteiger partial charge is 0.289 e. The summed E-state index contributed by atoms with van der Waals surface area (Å²) in [6, 6.07) is 54.8. The molecule has 4 nitrogen and oxygen atoms in total. The standard InChI is InChI=1S/C41H27N3O/c45-37-32-24-13-14-26-34(32)41(30-20-9-3-10-21-30,31-22-11-4-12-23-31)35-27-15-25-33(36(35)37)40-43-38(28-16-5-1-6-17-28)42-39(44-40)29-18-7-2-8-19-29/h1-27H. The van der Waals surface area contributed by atoms with E-state index < -0.39 is 5.41 Å². The van der Waals surface area contributed by atoms with E-state index in [4.69, 9.17) is 15.0 Å². The van der Waals surface area contributed by atoms with Gasteiger partial charge in [-0.05, 0) is 22.3 Å². The van der Waals surface area contributed by atoms with E-state index in [1.54, 1.807) is 0 Å². The van der Waals surface area contributed by atoms with Crippen LogP contribution < -0.4 is 0 Å². The van der Waals surface area contributed by atoms with Gasteiger partial charge in [0.1, 0.15) is 0 Å². The Bertz CT molecular complexity index is 2070. The minimum Gasteiger partial charge on any atom is -0.289 e. The second kappa shape index (κ2) is 10.9. The molecule has 0 saturated carbocycles. The highest BCUT2D eigenvalue weighted by atomic mass is 16.1. The van der Waals surface area contributed by atoms with Gasteiger partial charge in [0.2, 0.25) is 0 Å². The first-order valence-corrected chi connectivity index (χ1v) is 15.0. The Morgan fingerprint density at radius 2 is 0.800 bits per heavy atom. The molecular weight excluding hydrogens is 550 g/mol. The summed E-state index contributed by atoms with van der Waals surface area (Å²) in [5.41, 5.74) is 7.01. The van der Waals surface area contributed by atoms with Gasteiger partial charge in [-0.2, -0.15) is 0 Å². The summed E-state index contributed by atoms with van der Waals surface area (Å²) in [5.74, 6) is 1.53. The van der Waals surface area contributed by atoms with Crippen LogP contribution in [0.1, 0.15) is 38.2 Å². The maximum absolute atomic E-state index is 14.7. The summed E-state index contributed by atoms with van der Waals surface area (Å²) in [6.45, 7) is 0. The van der Waals surface area contributed by atoms with Gasteiger partial charge in [0.15, 0.2) is 23.3 Å². The van der Waals surface area contributed by atoms with E-state index in [1.807, 2.05) is 103 Å². The molecule has 0 radical (unpaired) electrons. The van der Waals surface area contributed by atoms with Gasteiger partial charge < -0.3 is 0 Å². The second-order valence-electron chi connectivity index (χ2n) is 11.1. The zero-order chi connectivity index (χ0) is 30.2. The van der Waals surface area contributed by atoms with Gasteiger partial charge in [-0.3, -0.25) is 4.79 Å². The molecule has 8 rings (SSSR count). The lowest BCUT2D eigenvalue weighted by molar-refractivity contribution is 0.103. The topological polar surface area (TPSA) is 55.7 Å². The van der Waals surface area contributed by atoms with Crippen LogP contribution in [-0.2, 0) is 5.41 Å². The third-order valence-electron chi connectivity index (χ3n) is 8.63. The fourth-order valence-corrected chi connectivity index (χ4v) is 6.68. The Labute approximate surface area is 261 Å². The lowest BCUT2D eigenvalue weighted by Crippen LogP contribution is -2.38. The van der Waals surface area contributed by atoms with E-state index in [-0.39, 0.29) is 5.78 Å². The number of benzene rings is 6. The molecule has 0 saturated heterocycles. The number of hydrogen-bond acceptors (Lipinski definition) is 4. The number of carbonyl (C=O) groups is 1. The highest BCUT2D eigenvalue weighted by molar-refractivity contribution is 6.17. The number of hydrogen-bond donors (Lipinski definition) is 0. The van der Waals surface area contributed by atoms with E-state index in [1.165, 1.54) is 0 Å². The number of ketones is 1. The van der Waals surface area contributed by atoms with Crippen LogP contribution in [0, 0.1) is 0 Å². The maximum atomic E-state index is 14.7. The predicted molar refractivity (Wildman–Crippen MR) is 178 cm³/mol. The van der Waals surface area contributed by atoms with Gasteiger partial charge in [-0.1, -0.05) is 164 Å². The second-order valence-corrected chi connectivity index (χ2v) is 11.1. The summed E-state index contributed by atoms with van der Waals surface area (Å²) in [7, 11) is 0. The average molecular weight is 578 g/mol. The van der Waals surface area contributed by atoms with E-state index in [9.17, 15) is 4.79 Å². The predicted octanol–water partition coefficient (Wildman–Crippen LogP) is 8.80. The first kappa shape index (κ1) is 26.6. The minimum atomic E-state index is -0.740. The van der Waals surface area contributed by atoms with Gasteiger partial charge in [0, 0.05) is 27.8 Å². The van der Waals surface area contributed by atoms with Crippen molar-refractivity contribution in [1.82, 2.24) is 15.0 Å². The molecule has 1 aliphatic rings. The van der Waals surface area contributed by atoms with Crippen molar-refractivity contribution < 1.29 is 4.79 Å². The fraction of sp³-hybridized carbons (Fsp3) is 0.0244. The van der Waals surface area contributed by atoms with Crippen molar-refractivity contribution in [1.29, 1.82) is 0 Å². The summed E-state index contributed by atoms with van der Waals surface area (Å²) >= 11 is 0. The molecule has 0 amide bonds. The summed E-state index contributed by atoms with van der Waals surface area (Å²) < 4.78 is 0. The molecule has 4 heteroatoms. The van der Waals surface area contributed by atoms with Crippen LogP contribution >= 0.6 is 0 Å². The average Bonchev–Trinajstić information content (AvgIpc) is 3.13. The lowest BCUT2D eigenvalue weighted by atomic mass is 9.59. The molecule has 6 aromatic carbocycles. The highest BCUT2D eigenvalue weighted by Crippen LogP contribution is 2.52. The number of nitrogens with zero attached hydrogens (tertiary/aromatic N) is 3. The molecule has 0 unspecified atom stereocenters. The minimum absolute atomic E-state index is 0.0402. The number of rotatable bonds is 5. The highest BCUT2D eigenvalue weighted by Gasteiger charge is 2.47. The summed E-state index contributed by atoms with van der Waals surface area (Å²) in [4.78, 5) is 29.6. The van der Waals surface area contributed by atoms with E-state index in [0.717, 1.165) is 33.4 Å². The third-order valence-corrected chi connectivity index (χ3v) is 8.63. The van der Waals surface area contributed by atoms with Crippen LogP contribution in [0.3, 0.4) is 0 Å². The Hall–Kier alpha value is -6.00. The van der Waals surface area contributed by atoms with Gasteiger partial charge in [0.05, 0.1) is 5.41 Å². The molecule has 1 aromatic heterocycles. The SMILES string of the molecule is O=C1c2ccccc2C(c2ccccc2)(c2ccccc2)c2cccc(-c3nc(-c4ccccc4)nc(-c4ccccc4)n3)c21. The quantitative estimate of drug-likeness (QED) is 0.205. The third kappa shape index (κ3) is 4.30.